The molecule has 0 bridgehead atoms. The van der Waals surface area contributed by atoms with E-state index in [4.69, 9.17) is 9.47 Å². The summed E-state index contributed by atoms with van der Waals surface area (Å²) in [5.41, 5.74) is 0.863. The van der Waals surface area contributed by atoms with Gasteiger partial charge in [-0.05, 0) is 37.8 Å². The third-order valence-corrected chi connectivity index (χ3v) is 4.51. The summed E-state index contributed by atoms with van der Waals surface area (Å²) < 4.78 is 11.1. The van der Waals surface area contributed by atoms with Gasteiger partial charge in [0.15, 0.2) is 0 Å². The summed E-state index contributed by atoms with van der Waals surface area (Å²) in [6, 6.07) is 5.13. The molecule has 25 heavy (non-hydrogen) atoms. The summed E-state index contributed by atoms with van der Waals surface area (Å²) in [5, 5.41) is 27.1. The number of nitrogens with one attached hydrogen (secondary N) is 2. The largest absolute Gasteiger partial charge is 0.382 e. The molecule has 0 amide bonds. The van der Waals surface area contributed by atoms with Gasteiger partial charge in [-0.2, -0.15) is 5.26 Å². The second-order valence-corrected chi connectivity index (χ2v) is 6.32. The van der Waals surface area contributed by atoms with E-state index in [1.54, 1.807) is 6.07 Å². The maximum absolute atomic E-state index is 11.4. The van der Waals surface area contributed by atoms with Crippen LogP contribution in [-0.4, -0.2) is 43.4 Å². The predicted octanol–water partition coefficient (Wildman–Crippen LogP) is 2.65. The normalized spacial score (nSPS) is 22.5. The maximum Gasteiger partial charge on any atom is 0.310 e. The van der Waals surface area contributed by atoms with Crippen LogP contribution in [0.25, 0.3) is 0 Å². The van der Waals surface area contributed by atoms with Crippen LogP contribution >= 0.6 is 0 Å². The Morgan fingerprint density at radius 1 is 1.16 bits per heavy atom. The van der Waals surface area contributed by atoms with Crippen LogP contribution in [0.15, 0.2) is 12.1 Å². The van der Waals surface area contributed by atoms with Crippen molar-refractivity contribution in [3.8, 4) is 6.07 Å². The lowest BCUT2D eigenvalue weighted by atomic mass is 10.1. The van der Waals surface area contributed by atoms with Gasteiger partial charge in [-0.15, -0.1) is 0 Å². The second-order valence-electron chi connectivity index (χ2n) is 6.32. The Labute approximate surface area is 146 Å². The molecule has 2 aliphatic rings. The topological polar surface area (TPSA) is 109 Å². The van der Waals surface area contributed by atoms with E-state index in [2.05, 4.69) is 10.6 Å². The number of hydrogen-bond donors (Lipinski definition) is 2. The molecular weight excluding hydrogens is 324 g/mol. The molecule has 0 radical (unpaired) electrons. The van der Waals surface area contributed by atoms with E-state index >= 15 is 0 Å². The zero-order valence-electron chi connectivity index (χ0n) is 14.0. The van der Waals surface area contributed by atoms with E-state index in [-0.39, 0.29) is 23.5 Å². The van der Waals surface area contributed by atoms with Crippen LogP contribution in [0, 0.1) is 21.4 Å². The summed E-state index contributed by atoms with van der Waals surface area (Å²) in [6.07, 6.45) is 4.17. The van der Waals surface area contributed by atoms with Crippen molar-refractivity contribution in [2.24, 2.45) is 0 Å². The van der Waals surface area contributed by atoms with Gasteiger partial charge in [-0.1, -0.05) is 0 Å². The Kier molecular flexibility index (Phi) is 5.68. The van der Waals surface area contributed by atoms with Gasteiger partial charge in [-0.25, -0.2) is 0 Å². The van der Waals surface area contributed by atoms with Crippen molar-refractivity contribution in [2.75, 3.05) is 36.9 Å². The van der Waals surface area contributed by atoms with Crippen LogP contribution in [0.4, 0.5) is 17.1 Å². The minimum atomic E-state index is -0.514. The molecule has 2 atom stereocenters. The fraction of sp³-hybridized carbons (Fsp3) is 0.588. The maximum atomic E-state index is 11.4. The summed E-state index contributed by atoms with van der Waals surface area (Å²) in [6.45, 7) is 2.60. The standard InChI is InChI=1S/C17H22N4O4/c18-9-12-7-13(19-10-14-3-1-5-24-14)8-16(17(12)21(22)23)20-11-15-4-2-6-25-15/h7-8,14-15,19-20H,1-6,10-11H2/t14-,15-/m1/s1. The zero-order chi connectivity index (χ0) is 17.6. The zero-order valence-corrected chi connectivity index (χ0v) is 14.0. The minimum absolute atomic E-state index is 0.0391. The molecule has 3 rings (SSSR count). The van der Waals surface area contributed by atoms with Crippen molar-refractivity contribution >= 4 is 17.1 Å². The molecule has 0 aromatic heterocycles. The molecule has 2 saturated heterocycles. The van der Waals surface area contributed by atoms with Gasteiger partial charge in [0.2, 0.25) is 0 Å². The number of nitro benzene ring substituents is 1. The molecule has 0 unspecified atom stereocenters. The average molecular weight is 346 g/mol. The van der Waals surface area contributed by atoms with Crippen LogP contribution in [0.3, 0.4) is 0 Å². The molecule has 2 N–H and O–H groups in total. The lowest BCUT2D eigenvalue weighted by Gasteiger charge is -2.16. The van der Waals surface area contributed by atoms with E-state index < -0.39 is 4.92 Å². The van der Waals surface area contributed by atoms with Gasteiger partial charge in [0.05, 0.1) is 17.1 Å². The van der Waals surface area contributed by atoms with Crippen molar-refractivity contribution in [3.05, 3.63) is 27.8 Å². The van der Waals surface area contributed by atoms with Crippen LogP contribution < -0.4 is 10.6 Å². The summed E-state index contributed by atoms with van der Waals surface area (Å²) in [5.74, 6) is 0. The first-order valence-electron chi connectivity index (χ1n) is 8.61. The SMILES string of the molecule is N#Cc1cc(NC[C@H]2CCCO2)cc(NC[C@H]2CCCO2)c1[N+](=O)[O-]. The first kappa shape index (κ1) is 17.5. The van der Waals surface area contributed by atoms with E-state index in [0.29, 0.717) is 24.5 Å². The third kappa shape index (κ3) is 4.38. The average Bonchev–Trinajstić information content (AvgIpc) is 3.30. The molecule has 8 heteroatoms. The van der Waals surface area contributed by atoms with Crippen molar-refractivity contribution < 1.29 is 14.4 Å². The van der Waals surface area contributed by atoms with E-state index in [0.717, 1.165) is 38.9 Å². The molecule has 1 aromatic carbocycles. The monoisotopic (exact) mass is 346 g/mol. The number of nitrogens with zero attached hydrogens (tertiary/aromatic N) is 2. The number of rotatable bonds is 7. The van der Waals surface area contributed by atoms with Crippen molar-refractivity contribution in [2.45, 2.75) is 37.9 Å². The number of nitro groups is 1. The molecule has 0 saturated carbocycles. The molecule has 0 aliphatic carbocycles. The number of ether oxygens (including phenoxy) is 2. The number of benzene rings is 1. The quantitative estimate of drug-likeness (QED) is 0.577. The molecule has 1 aromatic rings. The number of nitriles is 1. The highest BCUT2D eigenvalue weighted by molar-refractivity contribution is 5.74. The highest BCUT2D eigenvalue weighted by Gasteiger charge is 2.24. The third-order valence-electron chi connectivity index (χ3n) is 4.51. The minimum Gasteiger partial charge on any atom is -0.382 e. The van der Waals surface area contributed by atoms with Gasteiger partial charge in [0, 0.05) is 32.0 Å². The van der Waals surface area contributed by atoms with Crippen LogP contribution in [0.5, 0.6) is 0 Å². The van der Waals surface area contributed by atoms with Gasteiger partial charge < -0.3 is 20.1 Å². The predicted molar refractivity (Wildman–Crippen MR) is 92.7 cm³/mol. The molecular formula is C17H22N4O4. The van der Waals surface area contributed by atoms with E-state index in [1.807, 2.05) is 6.07 Å². The lowest BCUT2D eigenvalue weighted by Crippen LogP contribution is -2.20. The number of hydrogen-bond acceptors (Lipinski definition) is 7. The molecule has 2 heterocycles. The van der Waals surface area contributed by atoms with Gasteiger partial charge in [0.25, 0.3) is 0 Å². The fourth-order valence-corrected chi connectivity index (χ4v) is 3.22. The van der Waals surface area contributed by atoms with Crippen molar-refractivity contribution in [1.29, 1.82) is 5.26 Å². The Morgan fingerprint density at radius 2 is 1.80 bits per heavy atom. The molecule has 2 fully saturated rings. The summed E-state index contributed by atoms with van der Waals surface area (Å²) in [4.78, 5) is 10.9. The Morgan fingerprint density at radius 3 is 2.32 bits per heavy atom. The smallest absolute Gasteiger partial charge is 0.310 e. The highest BCUT2D eigenvalue weighted by atomic mass is 16.6. The summed E-state index contributed by atoms with van der Waals surface area (Å²) in [7, 11) is 0. The second kappa shape index (κ2) is 8.14. The molecule has 134 valence electrons. The van der Waals surface area contributed by atoms with Crippen LogP contribution in [0.2, 0.25) is 0 Å². The number of anilines is 2. The van der Waals surface area contributed by atoms with Gasteiger partial charge >= 0.3 is 5.69 Å². The highest BCUT2D eigenvalue weighted by Crippen LogP contribution is 2.32. The van der Waals surface area contributed by atoms with Crippen LogP contribution in [0.1, 0.15) is 31.2 Å². The first-order valence-corrected chi connectivity index (χ1v) is 8.61. The van der Waals surface area contributed by atoms with Gasteiger partial charge in [0.1, 0.15) is 17.3 Å². The molecule has 8 nitrogen and oxygen atoms in total. The van der Waals surface area contributed by atoms with Crippen molar-refractivity contribution in [1.82, 2.24) is 0 Å². The Balaban J connectivity index is 1.77. The van der Waals surface area contributed by atoms with Gasteiger partial charge in [-0.3, -0.25) is 10.1 Å². The Bertz CT molecular complexity index is 661. The molecule has 2 aliphatic heterocycles. The first-order chi connectivity index (χ1) is 12.2. The fourth-order valence-electron chi connectivity index (χ4n) is 3.22. The van der Waals surface area contributed by atoms with Crippen LogP contribution in [-0.2, 0) is 9.47 Å². The summed E-state index contributed by atoms with van der Waals surface area (Å²) >= 11 is 0. The molecule has 0 spiro atoms. The van der Waals surface area contributed by atoms with E-state index in [9.17, 15) is 15.4 Å². The van der Waals surface area contributed by atoms with Crippen molar-refractivity contribution in [3.63, 3.8) is 0 Å². The Hall–Kier alpha value is -2.37. The lowest BCUT2D eigenvalue weighted by molar-refractivity contribution is -0.384. The van der Waals surface area contributed by atoms with E-state index in [1.165, 1.54) is 6.07 Å².